The number of ether oxygens (including phenoxy) is 2. The minimum atomic E-state index is -0.344. The summed E-state index contributed by atoms with van der Waals surface area (Å²) in [4.78, 5) is 26.5. The van der Waals surface area contributed by atoms with E-state index in [2.05, 4.69) is 4.90 Å². The first-order chi connectivity index (χ1) is 11.4. The van der Waals surface area contributed by atoms with E-state index in [1.165, 1.54) is 6.92 Å². The second-order valence-electron chi connectivity index (χ2n) is 6.60. The van der Waals surface area contributed by atoms with Crippen LogP contribution in [0.15, 0.2) is 29.8 Å². The summed E-state index contributed by atoms with van der Waals surface area (Å²) in [5.74, 6) is 1.11. The minimum absolute atomic E-state index is 0.0580. The van der Waals surface area contributed by atoms with Gasteiger partial charge in [0, 0.05) is 17.9 Å². The molecule has 1 saturated heterocycles. The molecule has 0 saturated carbocycles. The van der Waals surface area contributed by atoms with Crippen LogP contribution in [0.1, 0.15) is 25.3 Å². The predicted octanol–water partition coefficient (Wildman–Crippen LogP) is 2.13. The molecule has 0 spiro atoms. The Morgan fingerprint density at radius 1 is 1.25 bits per heavy atom. The van der Waals surface area contributed by atoms with Crippen LogP contribution < -0.4 is 9.47 Å². The fourth-order valence-corrected chi connectivity index (χ4v) is 4.05. The van der Waals surface area contributed by atoms with Crippen molar-refractivity contribution in [2.24, 2.45) is 0 Å². The van der Waals surface area contributed by atoms with E-state index in [9.17, 15) is 9.59 Å². The fourth-order valence-electron chi connectivity index (χ4n) is 4.05. The Kier molecular flexibility index (Phi) is 4.22. The second kappa shape index (κ2) is 6.06. The van der Waals surface area contributed by atoms with Gasteiger partial charge in [0.25, 0.3) is 0 Å². The van der Waals surface area contributed by atoms with Crippen molar-refractivity contribution in [1.82, 2.24) is 4.90 Å². The summed E-state index contributed by atoms with van der Waals surface area (Å²) < 4.78 is 10.8. The molecule has 3 rings (SSSR count). The number of ketones is 2. The largest absolute Gasteiger partial charge is 0.493 e. The third-order valence-corrected chi connectivity index (χ3v) is 5.39. The van der Waals surface area contributed by atoms with Crippen molar-refractivity contribution in [1.29, 1.82) is 0 Å². The molecule has 1 fully saturated rings. The third kappa shape index (κ3) is 2.44. The number of benzene rings is 1. The number of hydrogen-bond acceptors (Lipinski definition) is 5. The van der Waals surface area contributed by atoms with E-state index >= 15 is 0 Å². The molecule has 128 valence electrons. The van der Waals surface area contributed by atoms with Gasteiger partial charge in [-0.15, -0.1) is 0 Å². The van der Waals surface area contributed by atoms with Crippen LogP contribution in [0, 0.1) is 0 Å². The lowest BCUT2D eigenvalue weighted by molar-refractivity contribution is -0.121. The number of carbonyl (C=O) groups is 2. The maximum atomic E-state index is 12.4. The van der Waals surface area contributed by atoms with Crippen LogP contribution in [0.3, 0.4) is 0 Å². The summed E-state index contributed by atoms with van der Waals surface area (Å²) in [5, 5.41) is 0. The molecule has 1 heterocycles. The van der Waals surface area contributed by atoms with Gasteiger partial charge in [-0.05, 0) is 44.6 Å². The summed E-state index contributed by atoms with van der Waals surface area (Å²) in [6.07, 6.45) is 3.14. The van der Waals surface area contributed by atoms with Gasteiger partial charge in [0.05, 0.1) is 19.8 Å². The SMILES string of the molecule is COc1ccc([C@@]23C=C(C(C)=O)C(=O)C[C@@H]2N(C)CC3)cc1OC. The molecule has 0 aromatic heterocycles. The average molecular weight is 329 g/mol. The van der Waals surface area contributed by atoms with Crippen molar-refractivity contribution in [2.45, 2.75) is 31.2 Å². The average Bonchev–Trinajstić information content (AvgIpc) is 2.91. The van der Waals surface area contributed by atoms with Crippen molar-refractivity contribution >= 4 is 11.6 Å². The molecular formula is C19H23NO4. The highest BCUT2D eigenvalue weighted by atomic mass is 16.5. The summed E-state index contributed by atoms with van der Waals surface area (Å²) in [5.41, 5.74) is 1.04. The smallest absolute Gasteiger partial charge is 0.167 e. The van der Waals surface area contributed by atoms with Crippen LogP contribution in [-0.4, -0.2) is 50.3 Å². The number of carbonyl (C=O) groups excluding carboxylic acids is 2. The lowest BCUT2D eigenvalue weighted by Gasteiger charge is -2.39. The highest BCUT2D eigenvalue weighted by molar-refractivity contribution is 6.20. The summed E-state index contributed by atoms with van der Waals surface area (Å²) >= 11 is 0. The van der Waals surface area contributed by atoms with Gasteiger partial charge < -0.3 is 14.4 Å². The number of fused-ring (bicyclic) bond motifs is 1. The van der Waals surface area contributed by atoms with Gasteiger partial charge in [-0.2, -0.15) is 0 Å². The van der Waals surface area contributed by atoms with E-state index in [0.29, 0.717) is 23.5 Å². The number of allylic oxidation sites excluding steroid dienone is 1. The Balaban J connectivity index is 2.17. The fraction of sp³-hybridized carbons (Fsp3) is 0.474. The molecule has 1 aromatic rings. The summed E-state index contributed by atoms with van der Waals surface area (Å²) in [7, 11) is 5.25. The molecule has 0 bridgehead atoms. The molecule has 24 heavy (non-hydrogen) atoms. The van der Waals surface area contributed by atoms with E-state index in [4.69, 9.17) is 9.47 Å². The molecule has 0 N–H and O–H groups in total. The summed E-state index contributed by atoms with van der Waals surface area (Å²) in [6.45, 7) is 2.35. The Bertz CT molecular complexity index is 724. The van der Waals surface area contributed by atoms with Gasteiger partial charge in [0.2, 0.25) is 0 Å². The quantitative estimate of drug-likeness (QED) is 0.792. The molecule has 0 radical (unpaired) electrons. The van der Waals surface area contributed by atoms with E-state index in [0.717, 1.165) is 18.5 Å². The maximum absolute atomic E-state index is 12.4. The van der Waals surface area contributed by atoms with Crippen LogP contribution in [0.25, 0.3) is 0 Å². The van der Waals surface area contributed by atoms with Crippen LogP contribution in [0.2, 0.25) is 0 Å². The molecule has 1 aliphatic carbocycles. The van der Waals surface area contributed by atoms with Crippen molar-refractivity contribution in [3.63, 3.8) is 0 Å². The van der Waals surface area contributed by atoms with Crippen molar-refractivity contribution in [2.75, 3.05) is 27.8 Å². The number of likely N-dealkylation sites (tertiary alicyclic amines) is 1. The molecule has 0 amide bonds. The number of likely N-dealkylation sites (N-methyl/N-ethyl adjacent to an activating group) is 1. The normalized spacial score (nSPS) is 26.8. The first-order valence-electron chi connectivity index (χ1n) is 8.12. The maximum Gasteiger partial charge on any atom is 0.167 e. The van der Waals surface area contributed by atoms with Crippen LogP contribution in [0.5, 0.6) is 11.5 Å². The lowest BCUT2D eigenvalue weighted by Crippen LogP contribution is -2.45. The Hall–Kier alpha value is -2.14. The molecular weight excluding hydrogens is 306 g/mol. The zero-order valence-electron chi connectivity index (χ0n) is 14.6. The Labute approximate surface area is 142 Å². The number of Topliss-reactive ketones (excluding diaryl/α,β-unsaturated/α-hetero) is 2. The molecule has 5 heteroatoms. The van der Waals surface area contributed by atoms with E-state index in [-0.39, 0.29) is 23.0 Å². The van der Waals surface area contributed by atoms with E-state index in [1.54, 1.807) is 14.2 Å². The minimum Gasteiger partial charge on any atom is -0.493 e. The van der Waals surface area contributed by atoms with Crippen molar-refractivity contribution in [3.8, 4) is 11.5 Å². The first-order valence-corrected chi connectivity index (χ1v) is 8.12. The topological polar surface area (TPSA) is 55.8 Å². The Morgan fingerprint density at radius 2 is 1.96 bits per heavy atom. The molecule has 0 unspecified atom stereocenters. The van der Waals surface area contributed by atoms with E-state index in [1.807, 2.05) is 31.3 Å². The predicted molar refractivity (Wildman–Crippen MR) is 90.6 cm³/mol. The van der Waals surface area contributed by atoms with Gasteiger partial charge in [0.1, 0.15) is 0 Å². The standard InChI is InChI=1S/C19H23NO4/c1-12(21)14-11-19(7-8-20(2)18(19)10-15(14)22)13-5-6-16(23-3)17(9-13)24-4/h5-6,9,11,18H,7-8,10H2,1-4H3/t18-,19+/m0/s1. The monoisotopic (exact) mass is 329 g/mol. The number of rotatable bonds is 4. The van der Waals surface area contributed by atoms with Gasteiger partial charge >= 0.3 is 0 Å². The van der Waals surface area contributed by atoms with Crippen molar-refractivity contribution in [3.05, 3.63) is 35.4 Å². The molecule has 1 aliphatic heterocycles. The second-order valence-corrected chi connectivity index (χ2v) is 6.60. The zero-order valence-corrected chi connectivity index (χ0v) is 14.6. The number of methoxy groups -OCH3 is 2. The molecule has 2 atom stereocenters. The third-order valence-electron chi connectivity index (χ3n) is 5.39. The Morgan fingerprint density at radius 3 is 2.58 bits per heavy atom. The zero-order chi connectivity index (χ0) is 17.5. The first kappa shape index (κ1) is 16.7. The van der Waals surface area contributed by atoms with Gasteiger partial charge in [-0.25, -0.2) is 0 Å². The van der Waals surface area contributed by atoms with Gasteiger partial charge in [-0.3, -0.25) is 9.59 Å². The number of hydrogen-bond donors (Lipinski definition) is 0. The highest BCUT2D eigenvalue weighted by Gasteiger charge is 2.50. The lowest BCUT2D eigenvalue weighted by atomic mass is 9.67. The van der Waals surface area contributed by atoms with Crippen molar-refractivity contribution < 1.29 is 19.1 Å². The summed E-state index contributed by atoms with van der Waals surface area (Å²) in [6, 6.07) is 5.93. The molecule has 1 aromatic carbocycles. The number of nitrogens with zero attached hydrogens (tertiary/aromatic N) is 1. The van der Waals surface area contributed by atoms with Gasteiger partial charge in [0.15, 0.2) is 23.1 Å². The van der Waals surface area contributed by atoms with E-state index < -0.39 is 0 Å². The molecule has 2 aliphatic rings. The molecule has 5 nitrogen and oxygen atoms in total. The van der Waals surface area contributed by atoms with Gasteiger partial charge in [-0.1, -0.05) is 12.1 Å². The highest BCUT2D eigenvalue weighted by Crippen LogP contribution is 2.47. The van der Waals surface area contributed by atoms with Crippen LogP contribution >= 0.6 is 0 Å². The van der Waals surface area contributed by atoms with Crippen LogP contribution in [-0.2, 0) is 15.0 Å². The van der Waals surface area contributed by atoms with Crippen LogP contribution in [0.4, 0.5) is 0 Å².